The van der Waals surface area contributed by atoms with E-state index in [4.69, 9.17) is 4.74 Å². The quantitative estimate of drug-likeness (QED) is 0.475. The van der Waals surface area contributed by atoms with E-state index in [0.717, 1.165) is 32.2 Å². The van der Waals surface area contributed by atoms with Crippen molar-refractivity contribution in [3.05, 3.63) is 70.5 Å². The molecular formula is C27H29N5O4. The van der Waals surface area contributed by atoms with Gasteiger partial charge in [-0.15, -0.1) is 0 Å². The van der Waals surface area contributed by atoms with Gasteiger partial charge < -0.3 is 20.3 Å². The molecule has 0 radical (unpaired) electrons. The summed E-state index contributed by atoms with van der Waals surface area (Å²) in [5.41, 5.74) is 0.320. The van der Waals surface area contributed by atoms with Crippen LogP contribution in [0.1, 0.15) is 50.5 Å². The largest absolute Gasteiger partial charge is 0.457 e. The number of nitrogens with one attached hydrogen (secondary N) is 3. The lowest BCUT2D eigenvalue weighted by Crippen LogP contribution is -2.43. The van der Waals surface area contributed by atoms with Crippen molar-refractivity contribution < 1.29 is 14.3 Å². The highest BCUT2D eigenvalue weighted by Crippen LogP contribution is 2.32. The number of aromatic amines is 1. The third-order valence-corrected chi connectivity index (χ3v) is 6.73. The van der Waals surface area contributed by atoms with Gasteiger partial charge in [0.25, 0.3) is 5.56 Å². The first-order valence-electron chi connectivity index (χ1n) is 12.4. The summed E-state index contributed by atoms with van der Waals surface area (Å²) in [6.45, 7) is 2.91. The molecule has 1 saturated heterocycles. The third-order valence-electron chi connectivity index (χ3n) is 6.73. The van der Waals surface area contributed by atoms with Crippen molar-refractivity contribution in [1.29, 1.82) is 0 Å². The number of carbonyl (C=O) groups excluding carboxylic acids is 2. The Bertz CT molecular complexity index is 1310. The maximum atomic E-state index is 13.2. The first-order chi connectivity index (χ1) is 17.5. The Labute approximate surface area is 208 Å². The van der Waals surface area contributed by atoms with Crippen molar-refractivity contribution >= 4 is 29.3 Å². The van der Waals surface area contributed by atoms with Crippen LogP contribution in [0.3, 0.4) is 0 Å². The Kier molecular flexibility index (Phi) is 6.71. The number of para-hydroxylation sites is 1. The zero-order valence-electron chi connectivity index (χ0n) is 20.1. The SMILES string of the molecule is CC[C@@H]1CCCCN1c1nc2c(c(=O)[nH]1)[C@@H](C(=O)Nc1ccc(Oc3ccccc3)cc1)CC(=O)N2. The molecule has 1 aromatic heterocycles. The number of hydrogen-bond acceptors (Lipinski definition) is 6. The summed E-state index contributed by atoms with van der Waals surface area (Å²) in [5, 5.41) is 5.52. The summed E-state index contributed by atoms with van der Waals surface area (Å²) >= 11 is 0. The van der Waals surface area contributed by atoms with Crippen LogP contribution >= 0.6 is 0 Å². The molecule has 0 unspecified atom stereocenters. The Hall–Kier alpha value is -4.14. The molecule has 36 heavy (non-hydrogen) atoms. The van der Waals surface area contributed by atoms with Crippen molar-refractivity contribution in [3.63, 3.8) is 0 Å². The number of rotatable bonds is 6. The number of H-pyrrole nitrogens is 1. The number of hydrogen-bond donors (Lipinski definition) is 3. The molecule has 3 heterocycles. The minimum Gasteiger partial charge on any atom is -0.457 e. The molecule has 2 aliphatic heterocycles. The van der Waals surface area contributed by atoms with Crippen LogP contribution in [0, 0.1) is 0 Å². The second kappa shape index (κ2) is 10.2. The molecular weight excluding hydrogens is 458 g/mol. The molecule has 3 N–H and O–H groups in total. The number of ether oxygens (including phenoxy) is 1. The molecule has 5 rings (SSSR count). The molecule has 0 spiro atoms. The summed E-state index contributed by atoms with van der Waals surface area (Å²) < 4.78 is 5.78. The first-order valence-corrected chi connectivity index (χ1v) is 12.4. The maximum Gasteiger partial charge on any atom is 0.258 e. The van der Waals surface area contributed by atoms with Gasteiger partial charge in [-0.2, -0.15) is 4.98 Å². The summed E-state index contributed by atoms with van der Waals surface area (Å²) in [5.74, 6) is 0.217. The van der Waals surface area contributed by atoms with Gasteiger partial charge in [0.15, 0.2) is 0 Å². The van der Waals surface area contributed by atoms with Gasteiger partial charge in [-0.1, -0.05) is 25.1 Å². The van der Waals surface area contributed by atoms with Crippen molar-refractivity contribution in [2.75, 3.05) is 22.1 Å². The van der Waals surface area contributed by atoms with Crippen LogP contribution in [0.4, 0.5) is 17.5 Å². The summed E-state index contributed by atoms with van der Waals surface area (Å²) in [6, 6.07) is 16.6. The number of amides is 2. The topological polar surface area (TPSA) is 116 Å². The van der Waals surface area contributed by atoms with Crippen LogP contribution in [0.15, 0.2) is 59.4 Å². The predicted molar refractivity (Wildman–Crippen MR) is 138 cm³/mol. The maximum absolute atomic E-state index is 13.2. The lowest BCUT2D eigenvalue weighted by molar-refractivity contribution is -0.123. The fourth-order valence-corrected chi connectivity index (χ4v) is 4.88. The first kappa shape index (κ1) is 23.6. The molecule has 2 aromatic carbocycles. The number of anilines is 3. The third kappa shape index (κ3) is 4.95. The Balaban J connectivity index is 1.35. The van der Waals surface area contributed by atoms with E-state index >= 15 is 0 Å². The van der Waals surface area contributed by atoms with Gasteiger partial charge in [-0.25, -0.2) is 0 Å². The molecule has 2 aliphatic rings. The van der Waals surface area contributed by atoms with E-state index in [1.165, 1.54) is 0 Å². The van der Waals surface area contributed by atoms with Crippen LogP contribution < -0.4 is 25.8 Å². The Morgan fingerprint density at radius 2 is 1.83 bits per heavy atom. The highest BCUT2D eigenvalue weighted by Gasteiger charge is 2.35. The normalized spacial score (nSPS) is 19.2. The fraction of sp³-hybridized carbons (Fsp3) is 0.333. The predicted octanol–water partition coefficient (Wildman–Crippen LogP) is 4.40. The van der Waals surface area contributed by atoms with Gasteiger partial charge in [0.05, 0.1) is 11.5 Å². The minimum absolute atomic E-state index is 0.126. The summed E-state index contributed by atoms with van der Waals surface area (Å²) in [6.07, 6.45) is 4.00. The lowest BCUT2D eigenvalue weighted by atomic mass is 9.92. The number of nitrogens with zero attached hydrogens (tertiary/aromatic N) is 2. The fourth-order valence-electron chi connectivity index (χ4n) is 4.88. The van der Waals surface area contributed by atoms with Crippen LogP contribution in [-0.4, -0.2) is 34.4 Å². The molecule has 186 valence electrons. The highest BCUT2D eigenvalue weighted by atomic mass is 16.5. The average molecular weight is 488 g/mol. The van der Waals surface area contributed by atoms with Gasteiger partial charge in [0.1, 0.15) is 17.3 Å². The molecule has 3 aromatic rings. The molecule has 2 amide bonds. The number of carbonyl (C=O) groups is 2. The van der Waals surface area contributed by atoms with Gasteiger partial charge in [-0.3, -0.25) is 19.4 Å². The van der Waals surface area contributed by atoms with Gasteiger partial charge in [0.2, 0.25) is 17.8 Å². The number of benzene rings is 2. The van der Waals surface area contributed by atoms with E-state index in [2.05, 4.69) is 32.4 Å². The highest BCUT2D eigenvalue weighted by molar-refractivity contribution is 6.04. The van der Waals surface area contributed by atoms with Crippen molar-refractivity contribution in [3.8, 4) is 11.5 Å². The van der Waals surface area contributed by atoms with E-state index in [-0.39, 0.29) is 29.8 Å². The number of fused-ring (bicyclic) bond motifs is 1. The molecule has 0 aliphatic carbocycles. The van der Waals surface area contributed by atoms with Gasteiger partial charge in [0, 0.05) is 24.7 Å². The zero-order chi connectivity index (χ0) is 25.1. The zero-order valence-corrected chi connectivity index (χ0v) is 20.1. The molecule has 9 nitrogen and oxygen atoms in total. The molecule has 1 fully saturated rings. The van der Waals surface area contributed by atoms with Crippen LogP contribution in [0.25, 0.3) is 0 Å². The van der Waals surface area contributed by atoms with E-state index in [1.807, 2.05) is 30.3 Å². The van der Waals surface area contributed by atoms with Gasteiger partial charge >= 0.3 is 0 Å². The van der Waals surface area contributed by atoms with E-state index in [9.17, 15) is 14.4 Å². The van der Waals surface area contributed by atoms with Crippen molar-refractivity contribution in [2.24, 2.45) is 0 Å². The molecule has 0 bridgehead atoms. The van der Waals surface area contributed by atoms with Crippen LogP contribution in [0.2, 0.25) is 0 Å². The number of piperidine rings is 1. The molecule has 2 atom stereocenters. The van der Waals surface area contributed by atoms with E-state index in [0.29, 0.717) is 23.1 Å². The average Bonchev–Trinajstić information content (AvgIpc) is 2.89. The number of aromatic nitrogens is 2. The van der Waals surface area contributed by atoms with E-state index < -0.39 is 17.4 Å². The Morgan fingerprint density at radius 1 is 1.08 bits per heavy atom. The second-order valence-corrected chi connectivity index (χ2v) is 9.14. The standard InChI is InChI=1S/C27H29N5O4/c1-2-18-8-6-7-15-32(18)27-30-24-23(26(35)31-27)21(16-22(33)29-24)25(34)28-17-11-13-20(14-12-17)36-19-9-4-3-5-10-19/h3-5,9-14,18,21H,2,6-8,15-16H2,1H3,(H,28,34)(H2,29,30,31,33,35)/t18-,21+/m1/s1. The van der Waals surface area contributed by atoms with Crippen LogP contribution in [-0.2, 0) is 9.59 Å². The smallest absolute Gasteiger partial charge is 0.258 e. The minimum atomic E-state index is -0.942. The summed E-state index contributed by atoms with van der Waals surface area (Å²) in [7, 11) is 0. The monoisotopic (exact) mass is 487 g/mol. The second-order valence-electron chi connectivity index (χ2n) is 9.14. The van der Waals surface area contributed by atoms with E-state index in [1.54, 1.807) is 24.3 Å². The van der Waals surface area contributed by atoms with Crippen molar-refractivity contribution in [1.82, 2.24) is 9.97 Å². The summed E-state index contributed by atoms with van der Waals surface area (Å²) in [4.78, 5) is 48.3. The Morgan fingerprint density at radius 3 is 2.58 bits per heavy atom. The van der Waals surface area contributed by atoms with Gasteiger partial charge in [-0.05, 0) is 62.1 Å². The van der Waals surface area contributed by atoms with Crippen molar-refractivity contribution in [2.45, 2.75) is 51.0 Å². The molecule has 9 heteroatoms. The molecule has 0 saturated carbocycles. The lowest BCUT2D eigenvalue weighted by Gasteiger charge is -2.36. The van der Waals surface area contributed by atoms with Crippen LogP contribution in [0.5, 0.6) is 11.5 Å².